The minimum absolute atomic E-state index is 0.0315. The van der Waals surface area contributed by atoms with E-state index in [-0.39, 0.29) is 18.1 Å². The number of amides is 1. The highest BCUT2D eigenvalue weighted by molar-refractivity contribution is 6.04. The van der Waals surface area contributed by atoms with Gasteiger partial charge < -0.3 is 14.6 Å². The minimum atomic E-state index is -0.396. The number of aromatic nitrogens is 1. The quantitative estimate of drug-likeness (QED) is 0.632. The first-order valence-electron chi connectivity index (χ1n) is 8.93. The summed E-state index contributed by atoms with van der Waals surface area (Å²) in [5.41, 5.74) is 3.96. The third-order valence-corrected chi connectivity index (χ3v) is 4.52. The van der Waals surface area contributed by atoms with E-state index in [0.29, 0.717) is 22.6 Å². The Morgan fingerprint density at radius 2 is 1.68 bits per heavy atom. The zero-order valence-electron chi connectivity index (χ0n) is 16.3. The number of aryl methyl sites for hydroxylation is 3. The van der Waals surface area contributed by atoms with Crippen LogP contribution in [0.1, 0.15) is 50.2 Å². The Balaban J connectivity index is 1.76. The van der Waals surface area contributed by atoms with Crippen LogP contribution >= 0.6 is 0 Å². The van der Waals surface area contributed by atoms with Crippen molar-refractivity contribution in [1.29, 1.82) is 0 Å². The Kier molecular flexibility index (Phi) is 5.59. The molecule has 6 heteroatoms. The average Bonchev–Trinajstić information content (AvgIpc) is 3.02. The molecule has 0 aliphatic rings. The van der Waals surface area contributed by atoms with E-state index >= 15 is 0 Å². The highest BCUT2D eigenvalue weighted by atomic mass is 16.5. The number of rotatable bonds is 6. The summed E-state index contributed by atoms with van der Waals surface area (Å²) in [5.74, 6) is 0.890. The standard InChI is InChI=1S/C22H22N2O4/c1-13-6-5-7-14(2)21(13)27-12-19-16(4)28-24-20(19)22(26)23-18-10-8-17(9-11-18)15(3)25/h5-11H,12H2,1-4H3,(H,23,26). The number of carbonyl (C=O) groups is 2. The van der Waals surface area contributed by atoms with Crippen molar-refractivity contribution >= 4 is 17.4 Å². The van der Waals surface area contributed by atoms with E-state index in [1.807, 2.05) is 32.0 Å². The Hall–Kier alpha value is -3.41. The summed E-state index contributed by atoms with van der Waals surface area (Å²) in [5, 5.41) is 6.66. The molecule has 0 atom stereocenters. The molecule has 0 radical (unpaired) electrons. The maximum absolute atomic E-state index is 12.7. The van der Waals surface area contributed by atoms with Crippen LogP contribution in [0.25, 0.3) is 0 Å². The SMILES string of the molecule is CC(=O)c1ccc(NC(=O)c2noc(C)c2COc2c(C)cccc2C)cc1. The second-order valence-electron chi connectivity index (χ2n) is 6.66. The Morgan fingerprint density at radius 1 is 1.04 bits per heavy atom. The molecule has 0 spiro atoms. The second-order valence-corrected chi connectivity index (χ2v) is 6.66. The Morgan fingerprint density at radius 3 is 2.29 bits per heavy atom. The number of anilines is 1. The summed E-state index contributed by atoms with van der Waals surface area (Å²) in [4.78, 5) is 24.0. The van der Waals surface area contributed by atoms with Crippen molar-refractivity contribution in [1.82, 2.24) is 5.16 Å². The van der Waals surface area contributed by atoms with Gasteiger partial charge in [-0.25, -0.2) is 0 Å². The molecule has 1 aromatic heterocycles. The minimum Gasteiger partial charge on any atom is -0.488 e. The fourth-order valence-electron chi connectivity index (χ4n) is 2.89. The highest BCUT2D eigenvalue weighted by Gasteiger charge is 2.21. The molecule has 1 heterocycles. The van der Waals surface area contributed by atoms with Gasteiger partial charge in [-0.05, 0) is 63.1 Å². The third kappa shape index (κ3) is 4.11. The molecule has 0 saturated heterocycles. The van der Waals surface area contributed by atoms with Crippen molar-refractivity contribution in [3.63, 3.8) is 0 Å². The molecule has 1 amide bonds. The number of ketones is 1. The van der Waals surface area contributed by atoms with Gasteiger partial charge in [-0.2, -0.15) is 0 Å². The summed E-state index contributed by atoms with van der Waals surface area (Å²) >= 11 is 0. The zero-order chi connectivity index (χ0) is 20.3. The van der Waals surface area contributed by atoms with Gasteiger partial charge in [0.1, 0.15) is 18.1 Å². The largest absolute Gasteiger partial charge is 0.488 e. The predicted molar refractivity (Wildman–Crippen MR) is 106 cm³/mol. The first-order chi connectivity index (χ1) is 13.4. The highest BCUT2D eigenvalue weighted by Crippen LogP contribution is 2.25. The van der Waals surface area contributed by atoms with Crippen LogP contribution < -0.4 is 10.1 Å². The Labute approximate surface area is 163 Å². The Bertz CT molecular complexity index is 999. The van der Waals surface area contributed by atoms with Crippen LogP contribution in [0.4, 0.5) is 5.69 Å². The summed E-state index contributed by atoms with van der Waals surface area (Å²) in [7, 11) is 0. The molecular formula is C22H22N2O4. The van der Waals surface area contributed by atoms with E-state index in [0.717, 1.165) is 16.9 Å². The molecule has 3 aromatic rings. The molecule has 3 rings (SSSR count). The number of Topliss-reactive ketones (excluding diaryl/α,β-unsaturated/α-hetero) is 1. The van der Waals surface area contributed by atoms with Crippen LogP contribution in [0.3, 0.4) is 0 Å². The first-order valence-corrected chi connectivity index (χ1v) is 8.93. The van der Waals surface area contributed by atoms with E-state index in [9.17, 15) is 9.59 Å². The zero-order valence-corrected chi connectivity index (χ0v) is 16.3. The summed E-state index contributed by atoms with van der Waals surface area (Å²) in [6, 6.07) is 12.6. The third-order valence-electron chi connectivity index (χ3n) is 4.52. The number of nitrogens with one attached hydrogen (secondary N) is 1. The van der Waals surface area contributed by atoms with Gasteiger partial charge in [-0.3, -0.25) is 9.59 Å². The molecule has 0 saturated carbocycles. The molecule has 0 fully saturated rings. The molecule has 2 aromatic carbocycles. The van der Waals surface area contributed by atoms with E-state index in [4.69, 9.17) is 9.26 Å². The maximum atomic E-state index is 12.7. The topological polar surface area (TPSA) is 81.4 Å². The smallest absolute Gasteiger partial charge is 0.278 e. The van der Waals surface area contributed by atoms with Crippen LogP contribution in [-0.4, -0.2) is 16.8 Å². The molecule has 0 bridgehead atoms. The van der Waals surface area contributed by atoms with E-state index in [1.54, 1.807) is 31.2 Å². The fraction of sp³-hybridized carbons (Fsp3) is 0.227. The van der Waals surface area contributed by atoms with Crippen molar-refractivity contribution < 1.29 is 18.8 Å². The van der Waals surface area contributed by atoms with Crippen molar-refractivity contribution in [3.05, 3.63) is 76.2 Å². The molecule has 1 N–H and O–H groups in total. The summed E-state index contributed by atoms with van der Waals surface area (Å²) < 4.78 is 11.2. The summed E-state index contributed by atoms with van der Waals surface area (Å²) in [6.45, 7) is 7.36. The lowest BCUT2D eigenvalue weighted by Gasteiger charge is -2.12. The monoisotopic (exact) mass is 378 g/mol. The van der Waals surface area contributed by atoms with E-state index < -0.39 is 5.91 Å². The number of ether oxygens (including phenoxy) is 1. The molecule has 0 aliphatic carbocycles. The molecular weight excluding hydrogens is 356 g/mol. The lowest BCUT2D eigenvalue weighted by Crippen LogP contribution is -2.15. The van der Waals surface area contributed by atoms with Crippen LogP contribution in [0.2, 0.25) is 0 Å². The van der Waals surface area contributed by atoms with Gasteiger partial charge in [0.2, 0.25) is 0 Å². The van der Waals surface area contributed by atoms with Crippen molar-refractivity contribution in [2.75, 3.05) is 5.32 Å². The number of hydrogen-bond acceptors (Lipinski definition) is 5. The lowest BCUT2D eigenvalue weighted by atomic mass is 10.1. The van der Waals surface area contributed by atoms with E-state index in [2.05, 4.69) is 10.5 Å². The number of para-hydroxylation sites is 1. The van der Waals surface area contributed by atoms with Gasteiger partial charge in [0.25, 0.3) is 5.91 Å². The van der Waals surface area contributed by atoms with Gasteiger partial charge in [0.15, 0.2) is 11.5 Å². The van der Waals surface area contributed by atoms with Gasteiger partial charge in [-0.15, -0.1) is 0 Å². The molecule has 144 valence electrons. The maximum Gasteiger partial charge on any atom is 0.278 e. The van der Waals surface area contributed by atoms with Crippen molar-refractivity contribution in [3.8, 4) is 5.75 Å². The number of hydrogen-bond donors (Lipinski definition) is 1. The number of benzene rings is 2. The van der Waals surface area contributed by atoms with Gasteiger partial charge in [0, 0.05) is 11.3 Å². The molecule has 0 unspecified atom stereocenters. The van der Waals surface area contributed by atoms with Crippen molar-refractivity contribution in [2.45, 2.75) is 34.3 Å². The second kappa shape index (κ2) is 8.08. The fourth-order valence-corrected chi connectivity index (χ4v) is 2.89. The molecule has 28 heavy (non-hydrogen) atoms. The predicted octanol–water partition coefficient (Wildman–Crippen LogP) is 4.63. The molecule has 0 aliphatic heterocycles. The van der Waals surface area contributed by atoms with Crippen LogP contribution in [0.5, 0.6) is 5.75 Å². The molecule has 6 nitrogen and oxygen atoms in total. The van der Waals surface area contributed by atoms with E-state index in [1.165, 1.54) is 6.92 Å². The van der Waals surface area contributed by atoms with Crippen LogP contribution in [0, 0.1) is 20.8 Å². The summed E-state index contributed by atoms with van der Waals surface area (Å²) in [6.07, 6.45) is 0. The lowest BCUT2D eigenvalue weighted by molar-refractivity contribution is 0.101. The number of carbonyl (C=O) groups excluding carboxylic acids is 2. The van der Waals surface area contributed by atoms with Gasteiger partial charge in [0.05, 0.1) is 5.56 Å². The van der Waals surface area contributed by atoms with Crippen molar-refractivity contribution in [2.24, 2.45) is 0 Å². The van der Waals surface area contributed by atoms with Gasteiger partial charge >= 0.3 is 0 Å². The normalized spacial score (nSPS) is 10.6. The van der Waals surface area contributed by atoms with Crippen LogP contribution in [0.15, 0.2) is 47.0 Å². The van der Waals surface area contributed by atoms with Crippen LogP contribution in [-0.2, 0) is 6.61 Å². The van der Waals surface area contributed by atoms with Gasteiger partial charge in [-0.1, -0.05) is 23.4 Å². The number of nitrogens with zero attached hydrogens (tertiary/aromatic N) is 1. The first kappa shape index (κ1) is 19.4. The average molecular weight is 378 g/mol.